The minimum atomic E-state index is 0.784. The summed E-state index contributed by atoms with van der Waals surface area (Å²) >= 11 is 1.77. The van der Waals surface area contributed by atoms with Crippen LogP contribution in [-0.4, -0.2) is 9.38 Å². The van der Waals surface area contributed by atoms with Crippen molar-refractivity contribution in [2.24, 2.45) is 0 Å². The van der Waals surface area contributed by atoms with Crippen molar-refractivity contribution < 1.29 is 0 Å². The van der Waals surface area contributed by atoms with Crippen molar-refractivity contribution in [1.82, 2.24) is 9.38 Å². The van der Waals surface area contributed by atoms with Crippen LogP contribution in [0.25, 0.3) is 4.96 Å². The Bertz CT molecular complexity index is 423. The molecule has 0 amide bonds. The predicted molar refractivity (Wildman–Crippen MR) is 58.9 cm³/mol. The minimum Gasteiger partial charge on any atom is -0.294 e. The van der Waals surface area contributed by atoms with E-state index in [4.69, 9.17) is 0 Å². The highest BCUT2D eigenvalue weighted by Gasteiger charge is 2.18. The highest BCUT2D eigenvalue weighted by atomic mass is 32.1. The van der Waals surface area contributed by atoms with E-state index in [9.17, 15) is 0 Å². The monoisotopic (exact) mass is 206 g/mol. The molecule has 0 N–H and O–H groups in total. The number of aromatic nitrogens is 2. The lowest BCUT2D eigenvalue weighted by Crippen LogP contribution is -2.06. The summed E-state index contributed by atoms with van der Waals surface area (Å²) in [5.74, 6) is 0.784. The van der Waals surface area contributed by atoms with E-state index in [1.165, 1.54) is 37.8 Å². The lowest BCUT2D eigenvalue weighted by Gasteiger charge is -2.20. The van der Waals surface area contributed by atoms with Gasteiger partial charge in [0.25, 0.3) is 0 Å². The lowest BCUT2D eigenvalue weighted by atomic mass is 9.87. The Morgan fingerprint density at radius 1 is 1.29 bits per heavy atom. The van der Waals surface area contributed by atoms with E-state index in [2.05, 4.69) is 21.0 Å². The molecule has 74 valence electrons. The Morgan fingerprint density at radius 3 is 3.00 bits per heavy atom. The molecule has 2 heterocycles. The smallest absolute Gasteiger partial charge is 0.193 e. The van der Waals surface area contributed by atoms with E-state index >= 15 is 0 Å². The summed E-state index contributed by atoms with van der Waals surface area (Å²) in [4.78, 5) is 5.46. The van der Waals surface area contributed by atoms with Crippen LogP contribution in [0.3, 0.4) is 0 Å². The van der Waals surface area contributed by atoms with E-state index in [1.807, 2.05) is 6.20 Å². The van der Waals surface area contributed by atoms with Crippen molar-refractivity contribution in [2.75, 3.05) is 0 Å². The molecule has 0 saturated heterocycles. The molecule has 14 heavy (non-hydrogen) atoms. The van der Waals surface area contributed by atoms with Crippen LogP contribution < -0.4 is 0 Å². The van der Waals surface area contributed by atoms with Gasteiger partial charge in [0, 0.05) is 29.4 Å². The molecular weight excluding hydrogens is 192 g/mol. The summed E-state index contributed by atoms with van der Waals surface area (Å²) in [7, 11) is 0. The van der Waals surface area contributed by atoms with Crippen molar-refractivity contribution in [3.63, 3.8) is 0 Å². The van der Waals surface area contributed by atoms with Crippen molar-refractivity contribution >= 4 is 16.3 Å². The molecule has 0 aliphatic heterocycles. The van der Waals surface area contributed by atoms with Gasteiger partial charge < -0.3 is 0 Å². The number of nitrogens with zero attached hydrogens (tertiary/aromatic N) is 2. The fraction of sp³-hybridized carbons (Fsp3) is 0.545. The Morgan fingerprint density at radius 2 is 2.14 bits per heavy atom. The summed E-state index contributed by atoms with van der Waals surface area (Å²) < 4.78 is 2.26. The van der Waals surface area contributed by atoms with Crippen LogP contribution in [0.2, 0.25) is 0 Å². The average Bonchev–Trinajstić information content (AvgIpc) is 2.79. The SMILES string of the molecule is c1cn2c(C3CCCCC3)csc2n1. The van der Waals surface area contributed by atoms with Gasteiger partial charge in [-0.1, -0.05) is 19.3 Å². The molecule has 3 rings (SSSR count). The molecule has 0 spiro atoms. The first-order valence-corrected chi connectivity index (χ1v) is 6.23. The van der Waals surface area contributed by atoms with Crippen molar-refractivity contribution in [3.05, 3.63) is 23.5 Å². The number of fused-ring (bicyclic) bond motifs is 1. The first-order chi connectivity index (χ1) is 6.95. The van der Waals surface area contributed by atoms with E-state index in [0.29, 0.717) is 0 Å². The van der Waals surface area contributed by atoms with Crippen LogP contribution in [0.5, 0.6) is 0 Å². The van der Waals surface area contributed by atoms with Gasteiger partial charge >= 0.3 is 0 Å². The Labute approximate surface area is 87.6 Å². The molecule has 3 heteroatoms. The van der Waals surface area contributed by atoms with Crippen LogP contribution in [0.4, 0.5) is 0 Å². The quantitative estimate of drug-likeness (QED) is 0.698. The third-order valence-electron chi connectivity index (χ3n) is 3.19. The van der Waals surface area contributed by atoms with Gasteiger partial charge in [-0.2, -0.15) is 0 Å². The van der Waals surface area contributed by atoms with Gasteiger partial charge in [0.15, 0.2) is 4.96 Å². The predicted octanol–water partition coefficient (Wildman–Crippen LogP) is 3.44. The van der Waals surface area contributed by atoms with E-state index in [-0.39, 0.29) is 0 Å². The molecule has 1 aliphatic carbocycles. The molecule has 1 saturated carbocycles. The highest BCUT2D eigenvalue weighted by molar-refractivity contribution is 7.15. The van der Waals surface area contributed by atoms with Crippen molar-refractivity contribution in [3.8, 4) is 0 Å². The number of thiazole rings is 1. The number of hydrogen-bond donors (Lipinski definition) is 0. The van der Waals surface area contributed by atoms with Crippen LogP contribution in [0.15, 0.2) is 17.8 Å². The fourth-order valence-corrected chi connectivity index (χ4v) is 3.37. The molecular formula is C11H14N2S. The second kappa shape index (κ2) is 3.39. The first-order valence-electron chi connectivity index (χ1n) is 5.35. The highest BCUT2D eigenvalue weighted by Crippen LogP contribution is 2.34. The molecule has 2 nitrogen and oxygen atoms in total. The topological polar surface area (TPSA) is 17.3 Å². The Balaban J connectivity index is 1.99. The molecule has 0 bridgehead atoms. The second-order valence-electron chi connectivity index (χ2n) is 4.08. The van der Waals surface area contributed by atoms with Gasteiger partial charge in [-0.3, -0.25) is 4.40 Å². The minimum absolute atomic E-state index is 0.784. The maximum Gasteiger partial charge on any atom is 0.193 e. The van der Waals surface area contributed by atoms with E-state index in [1.54, 1.807) is 11.3 Å². The van der Waals surface area contributed by atoms with E-state index in [0.717, 1.165) is 10.9 Å². The fourth-order valence-electron chi connectivity index (χ4n) is 2.43. The Hall–Kier alpha value is -0.830. The van der Waals surface area contributed by atoms with Crippen LogP contribution in [-0.2, 0) is 0 Å². The summed E-state index contributed by atoms with van der Waals surface area (Å²) in [5, 5.41) is 2.29. The normalized spacial score (nSPS) is 19.1. The maximum absolute atomic E-state index is 4.32. The van der Waals surface area contributed by atoms with Gasteiger partial charge in [0.05, 0.1) is 0 Å². The van der Waals surface area contributed by atoms with Gasteiger partial charge in [-0.15, -0.1) is 11.3 Å². The summed E-state index contributed by atoms with van der Waals surface area (Å²) in [6.45, 7) is 0. The third kappa shape index (κ3) is 1.27. The lowest BCUT2D eigenvalue weighted by molar-refractivity contribution is 0.435. The zero-order chi connectivity index (χ0) is 9.38. The standard InChI is InChI=1S/C11H14N2S/c1-2-4-9(5-3-1)10-8-14-11-12-6-7-13(10)11/h6-9H,1-5H2. The van der Waals surface area contributed by atoms with Gasteiger partial charge in [-0.25, -0.2) is 4.98 Å². The molecule has 0 unspecified atom stereocenters. The first kappa shape index (κ1) is 8.48. The molecule has 0 aromatic carbocycles. The summed E-state index contributed by atoms with van der Waals surface area (Å²) in [6.07, 6.45) is 10.9. The molecule has 1 fully saturated rings. The second-order valence-corrected chi connectivity index (χ2v) is 4.91. The zero-order valence-electron chi connectivity index (χ0n) is 8.15. The van der Waals surface area contributed by atoms with Crippen LogP contribution >= 0.6 is 11.3 Å². The van der Waals surface area contributed by atoms with Gasteiger partial charge in [-0.05, 0) is 12.8 Å². The summed E-state index contributed by atoms with van der Waals surface area (Å²) in [5.41, 5.74) is 1.49. The molecule has 2 aromatic rings. The average molecular weight is 206 g/mol. The molecule has 0 radical (unpaired) electrons. The Kier molecular flexibility index (Phi) is 2.05. The van der Waals surface area contributed by atoms with Crippen molar-refractivity contribution in [2.45, 2.75) is 38.0 Å². The number of hydrogen-bond acceptors (Lipinski definition) is 2. The van der Waals surface area contributed by atoms with Gasteiger partial charge in [0.1, 0.15) is 0 Å². The van der Waals surface area contributed by atoms with Crippen LogP contribution in [0.1, 0.15) is 43.7 Å². The molecule has 0 atom stereocenters. The van der Waals surface area contributed by atoms with E-state index < -0.39 is 0 Å². The maximum atomic E-state index is 4.32. The number of rotatable bonds is 1. The zero-order valence-corrected chi connectivity index (χ0v) is 8.96. The van der Waals surface area contributed by atoms with Gasteiger partial charge in [0.2, 0.25) is 0 Å². The third-order valence-corrected chi connectivity index (χ3v) is 4.07. The largest absolute Gasteiger partial charge is 0.294 e. The van der Waals surface area contributed by atoms with Crippen LogP contribution in [0, 0.1) is 0 Å². The molecule has 2 aromatic heterocycles. The summed E-state index contributed by atoms with van der Waals surface area (Å²) in [6, 6.07) is 0. The molecule has 1 aliphatic rings. The number of imidazole rings is 1. The van der Waals surface area contributed by atoms with Crippen molar-refractivity contribution in [1.29, 1.82) is 0 Å².